The highest BCUT2D eigenvalue weighted by Crippen LogP contribution is 2.43. The Morgan fingerprint density at radius 2 is 1.18 bits per heavy atom. The van der Waals surface area contributed by atoms with Crippen molar-refractivity contribution in [3.8, 4) is 16.8 Å². The van der Waals surface area contributed by atoms with Crippen LogP contribution >= 0.6 is 0 Å². The van der Waals surface area contributed by atoms with Gasteiger partial charge in [-0.1, -0.05) is 84.9 Å². The SMILES string of the molecule is c1ccc2c(c1)B1c3c(ccc4c5ccccc5n-2c34)-c2cccc3c4ccccc4n1c23. The number of para-hydroxylation sites is 4. The lowest BCUT2D eigenvalue weighted by molar-refractivity contribution is 1.18. The smallest absolute Gasteiger partial charge is 0.333 e. The van der Waals surface area contributed by atoms with Crippen molar-refractivity contribution in [2.24, 2.45) is 0 Å². The first-order valence-corrected chi connectivity index (χ1v) is 11.6. The van der Waals surface area contributed by atoms with Crippen LogP contribution in [-0.4, -0.2) is 15.9 Å². The van der Waals surface area contributed by atoms with Crippen LogP contribution in [0, 0.1) is 0 Å². The molecule has 0 atom stereocenters. The van der Waals surface area contributed by atoms with Gasteiger partial charge in [0.25, 0.3) is 0 Å². The van der Waals surface area contributed by atoms with Crippen molar-refractivity contribution < 1.29 is 0 Å². The van der Waals surface area contributed by atoms with E-state index >= 15 is 0 Å². The highest BCUT2D eigenvalue weighted by molar-refractivity contribution is 6.90. The molecule has 33 heavy (non-hydrogen) atoms. The molecule has 0 amide bonds. The zero-order valence-electron chi connectivity index (χ0n) is 17.8. The number of fused-ring (bicyclic) bond motifs is 11. The standard InChI is InChI=1S/C30H17BN2/c1-4-13-25-18(8-1)23-17-16-20-22-11-7-10-21-19-9-2-5-14-26(19)33(29(21)22)31-24-12-3-6-15-27(24)32(25)30(23)28(20)31/h1-17H. The third-order valence-electron chi connectivity index (χ3n) is 7.90. The van der Waals surface area contributed by atoms with E-state index in [1.165, 1.54) is 71.4 Å². The number of hydrogen-bond donors (Lipinski definition) is 0. The molecule has 0 spiro atoms. The predicted molar refractivity (Wildman–Crippen MR) is 140 cm³/mol. The third kappa shape index (κ3) is 1.71. The number of rotatable bonds is 0. The zero-order valence-corrected chi connectivity index (χ0v) is 17.8. The third-order valence-corrected chi connectivity index (χ3v) is 7.90. The van der Waals surface area contributed by atoms with Crippen molar-refractivity contribution in [1.82, 2.24) is 9.05 Å². The van der Waals surface area contributed by atoms with Gasteiger partial charge in [0.15, 0.2) is 0 Å². The van der Waals surface area contributed by atoms with Crippen LogP contribution in [0.4, 0.5) is 0 Å². The number of nitrogens with zero attached hydrogens (tertiary/aromatic N) is 2. The summed E-state index contributed by atoms with van der Waals surface area (Å²) in [6.45, 7) is 0.161. The van der Waals surface area contributed by atoms with E-state index in [9.17, 15) is 0 Å². The van der Waals surface area contributed by atoms with Gasteiger partial charge in [-0.25, -0.2) is 0 Å². The summed E-state index contributed by atoms with van der Waals surface area (Å²) in [5.74, 6) is 0. The van der Waals surface area contributed by atoms with Crippen LogP contribution in [0.5, 0.6) is 0 Å². The minimum atomic E-state index is 0.161. The zero-order chi connectivity index (χ0) is 21.3. The minimum absolute atomic E-state index is 0.161. The molecule has 0 aliphatic carbocycles. The van der Waals surface area contributed by atoms with Crippen LogP contribution in [0.1, 0.15) is 0 Å². The largest absolute Gasteiger partial charge is 0.375 e. The molecule has 0 bridgehead atoms. The second-order valence-electron chi connectivity index (χ2n) is 9.33. The molecule has 2 aliphatic rings. The molecule has 0 fully saturated rings. The predicted octanol–water partition coefficient (Wildman–Crippen LogP) is 5.84. The first-order chi connectivity index (χ1) is 16.4. The van der Waals surface area contributed by atoms with Crippen LogP contribution < -0.4 is 10.9 Å². The summed E-state index contributed by atoms with van der Waals surface area (Å²) in [6, 6.07) is 38.2. The van der Waals surface area contributed by atoms with Crippen LogP contribution in [0.2, 0.25) is 0 Å². The Bertz CT molecular complexity index is 1990. The van der Waals surface area contributed by atoms with Gasteiger partial charge in [0.1, 0.15) is 0 Å². The van der Waals surface area contributed by atoms with E-state index in [-0.39, 0.29) is 6.85 Å². The van der Waals surface area contributed by atoms with Crippen LogP contribution in [0.3, 0.4) is 0 Å². The van der Waals surface area contributed by atoms with E-state index in [0.29, 0.717) is 0 Å². The summed E-state index contributed by atoms with van der Waals surface area (Å²) in [5.41, 5.74) is 12.1. The lowest BCUT2D eigenvalue weighted by atomic mass is 9.45. The molecule has 0 saturated carbocycles. The van der Waals surface area contributed by atoms with Gasteiger partial charge in [-0.2, -0.15) is 0 Å². The molecule has 0 N–H and O–H groups in total. The van der Waals surface area contributed by atoms with E-state index in [1.54, 1.807) is 0 Å². The molecule has 9 rings (SSSR count). The van der Waals surface area contributed by atoms with Gasteiger partial charge in [0.2, 0.25) is 0 Å². The topological polar surface area (TPSA) is 9.86 Å². The Kier molecular flexibility index (Phi) is 2.68. The monoisotopic (exact) mass is 416 g/mol. The fourth-order valence-corrected chi connectivity index (χ4v) is 6.73. The quantitative estimate of drug-likeness (QED) is 0.275. The molecule has 2 aliphatic heterocycles. The molecular weight excluding hydrogens is 399 g/mol. The molecule has 0 radical (unpaired) electrons. The lowest BCUT2D eigenvalue weighted by Gasteiger charge is -2.33. The molecule has 0 unspecified atom stereocenters. The van der Waals surface area contributed by atoms with E-state index in [0.717, 1.165) is 0 Å². The van der Waals surface area contributed by atoms with Crippen molar-refractivity contribution in [3.63, 3.8) is 0 Å². The molecular formula is C30H17BN2. The van der Waals surface area contributed by atoms with E-state index in [4.69, 9.17) is 0 Å². The Morgan fingerprint density at radius 1 is 0.485 bits per heavy atom. The number of benzene rings is 5. The van der Waals surface area contributed by atoms with E-state index in [1.807, 2.05) is 0 Å². The molecule has 3 heteroatoms. The first-order valence-electron chi connectivity index (χ1n) is 11.6. The summed E-state index contributed by atoms with van der Waals surface area (Å²) < 4.78 is 5.12. The average molecular weight is 416 g/mol. The van der Waals surface area contributed by atoms with E-state index in [2.05, 4.69) is 112 Å². The summed E-state index contributed by atoms with van der Waals surface area (Å²) in [4.78, 5) is 0. The maximum absolute atomic E-state index is 2.61. The van der Waals surface area contributed by atoms with E-state index < -0.39 is 0 Å². The highest BCUT2D eigenvalue weighted by atomic mass is 15.0. The summed E-state index contributed by atoms with van der Waals surface area (Å²) in [6.07, 6.45) is 0. The normalized spacial score (nSPS) is 13.4. The summed E-state index contributed by atoms with van der Waals surface area (Å²) >= 11 is 0. The minimum Gasteiger partial charge on any atom is -0.375 e. The maximum Gasteiger partial charge on any atom is 0.333 e. The molecule has 0 saturated heterocycles. The second-order valence-corrected chi connectivity index (χ2v) is 9.33. The summed E-state index contributed by atoms with van der Waals surface area (Å²) in [7, 11) is 0. The summed E-state index contributed by atoms with van der Waals surface area (Å²) in [5, 5.41) is 5.35. The lowest BCUT2D eigenvalue weighted by Crippen LogP contribution is -2.55. The fourth-order valence-electron chi connectivity index (χ4n) is 6.73. The van der Waals surface area contributed by atoms with Crippen molar-refractivity contribution in [3.05, 3.63) is 103 Å². The van der Waals surface area contributed by atoms with Crippen molar-refractivity contribution in [2.75, 3.05) is 0 Å². The van der Waals surface area contributed by atoms with Gasteiger partial charge < -0.3 is 9.05 Å². The molecule has 7 aromatic rings. The Morgan fingerprint density at radius 3 is 2.09 bits per heavy atom. The number of hydrogen-bond acceptors (Lipinski definition) is 0. The second kappa shape index (κ2) is 5.39. The highest BCUT2D eigenvalue weighted by Gasteiger charge is 2.40. The van der Waals surface area contributed by atoms with Crippen molar-refractivity contribution >= 4 is 61.4 Å². The Labute approximate surface area is 190 Å². The van der Waals surface area contributed by atoms with Gasteiger partial charge >= 0.3 is 6.85 Å². The van der Waals surface area contributed by atoms with Gasteiger partial charge in [0.05, 0.1) is 11.0 Å². The van der Waals surface area contributed by atoms with Crippen molar-refractivity contribution in [2.45, 2.75) is 0 Å². The maximum atomic E-state index is 2.61. The van der Waals surface area contributed by atoms with Gasteiger partial charge in [-0.15, -0.1) is 0 Å². The van der Waals surface area contributed by atoms with Gasteiger partial charge in [-0.3, -0.25) is 0 Å². The van der Waals surface area contributed by atoms with Crippen LogP contribution in [0.15, 0.2) is 103 Å². The Balaban J connectivity index is 1.62. The van der Waals surface area contributed by atoms with Gasteiger partial charge in [-0.05, 0) is 34.7 Å². The fraction of sp³-hybridized carbons (Fsp3) is 0. The molecule has 4 heterocycles. The first kappa shape index (κ1) is 16.4. The average Bonchev–Trinajstić information content (AvgIpc) is 3.40. The number of aromatic nitrogens is 2. The molecule has 5 aromatic carbocycles. The van der Waals surface area contributed by atoms with Gasteiger partial charge in [0, 0.05) is 43.8 Å². The molecule has 150 valence electrons. The van der Waals surface area contributed by atoms with Crippen LogP contribution in [-0.2, 0) is 0 Å². The molecule has 2 aromatic heterocycles. The Hall–Kier alpha value is -4.24. The van der Waals surface area contributed by atoms with Crippen molar-refractivity contribution in [1.29, 1.82) is 0 Å². The van der Waals surface area contributed by atoms with Crippen LogP contribution in [0.25, 0.3) is 60.4 Å². The molecule has 2 nitrogen and oxygen atoms in total.